The summed E-state index contributed by atoms with van der Waals surface area (Å²) in [6.45, 7) is 3.80. The first kappa shape index (κ1) is 16.9. The van der Waals surface area contributed by atoms with E-state index in [0.29, 0.717) is 0 Å². The van der Waals surface area contributed by atoms with Crippen molar-refractivity contribution in [1.29, 1.82) is 0 Å². The highest BCUT2D eigenvalue weighted by Crippen LogP contribution is 2.33. The highest BCUT2D eigenvalue weighted by Gasteiger charge is 2.26. The van der Waals surface area contributed by atoms with E-state index >= 15 is 0 Å². The number of hydrogen-bond acceptors (Lipinski definition) is 3. The van der Waals surface area contributed by atoms with Crippen LogP contribution in [0, 0.1) is 5.82 Å². The second kappa shape index (κ2) is 7.70. The summed E-state index contributed by atoms with van der Waals surface area (Å²) in [5.41, 5.74) is 1.94. The number of rotatable bonds is 3. The molecule has 0 radical (unpaired) electrons. The lowest BCUT2D eigenvalue weighted by atomic mass is 9.98. The molecule has 1 aliphatic heterocycles. The number of nitrogens with zero attached hydrogens (tertiary/aromatic N) is 1. The number of benzene rings is 1. The molecule has 1 atom stereocenters. The van der Waals surface area contributed by atoms with Crippen molar-refractivity contribution < 1.29 is 4.39 Å². The molecule has 2 aromatic rings. The van der Waals surface area contributed by atoms with E-state index in [9.17, 15) is 4.39 Å². The summed E-state index contributed by atoms with van der Waals surface area (Å²) in [5.74, 6) is -0.144. The second-order valence-corrected chi connectivity index (χ2v) is 6.61. The van der Waals surface area contributed by atoms with E-state index in [1.807, 2.05) is 12.1 Å². The average Bonchev–Trinajstić information content (AvgIpc) is 2.97. The van der Waals surface area contributed by atoms with Crippen LogP contribution in [0.5, 0.6) is 0 Å². The first-order chi connectivity index (χ1) is 9.75. The van der Waals surface area contributed by atoms with Gasteiger partial charge in [-0.25, -0.2) is 4.39 Å². The van der Waals surface area contributed by atoms with Gasteiger partial charge in [-0.15, -0.1) is 12.4 Å². The van der Waals surface area contributed by atoms with Gasteiger partial charge < -0.3 is 5.32 Å². The van der Waals surface area contributed by atoms with Gasteiger partial charge in [-0.3, -0.25) is 4.90 Å². The summed E-state index contributed by atoms with van der Waals surface area (Å²) in [4.78, 5) is 2.35. The maximum atomic E-state index is 14.4. The Labute approximate surface area is 142 Å². The van der Waals surface area contributed by atoms with Crippen molar-refractivity contribution in [1.82, 2.24) is 10.2 Å². The minimum Gasteiger partial charge on any atom is -0.314 e. The Morgan fingerprint density at radius 1 is 1.24 bits per heavy atom. The standard InChI is InChI=1S/C15H16BrFN2S.ClH/c16-12-1-2-13(14(17)9-12)15(11-3-8-20-10-11)19-6-4-18-5-7-19;/h1-3,8-10,15,18H,4-7H2;1H/t15-;/m1./s1. The van der Waals surface area contributed by atoms with Crippen molar-refractivity contribution in [2.75, 3.05) is 26.2 Å². The molecular formula is C15H17BrClFN2S. The maximum absolute atomic E-state index is 14.4. The Hall–Kier alpha value is -0.460. The van der Waals surface area contributed by atoms with Gasteiger partial charge in [-0.2, -0.15) is 11.3 Å². The fourth-order valence-electron chi connectivity index (χ4n) is 2.68. The number of nitrogens with one attached hydrogen (secondary N) is 1. The lowest BCUT2D eigenvalue weighted by Crippen LogP contribution is -2.45. The molecule has 1 aromatic carbocycles. The smallest absolute Gasteiger partial charge is 0.129 e. The third kappa shape index (κ3) is 3.85. The van der Waals surface area contributed by atoms with Crippen molar-refractivity contribution in [3.8, 4) is 0 Å². The van der Waals surface area contributed by atoms with Crippen LogP contribution in [0.4, 0.5) is 4.39 Å². The number of thiophene rings is 1. The van der Waals surface area contributed by atoms with E-state index in [4.69, 9.17) is 0 Å². The van der Waals surface area contributed by atoms with Crippen molar-refractivity contribution in [2.24, 2.45) is 0 Å². The average molecular weight is 392 g/mol. The molecule has 21 heavy (non-hydrogen) atoms. The Morgan fingerprint density at radius 3 is 2.62 bits per heavy atom. The highest BCUT2D eigenvalue weighted by atomic mass is 79.9. The Kier molecular flexibility index (Phi) is 6.20. The summed E-state index contributed by atoms with van der Waals surface area (Å²) < 4.78 is 15.2. The summed E-state index contributed by atoms with van der Waals surface area (Å²) in [5, 5.41) is 7.53. The highest BCUT2D eigenvalue weighted by molar-refractivity contribution is 9.10. The summed E-state index contributed by atoms with van der Waals surface area (Å²) in [6, 6.07) is 7.47. The largest absolute Gasteiger partial charge is 0.314 e. The fourth-order valence-corrected chi connectivity index (χ4v) is 3.69. The van der Waals surface area contributed by atoms with Gasteiger partial charge in [0, 0.05) is 36.2 Å². The van der Waals surface area contributed by atoms with Crippen LogP contribution >= 0.6 is 39.7 Å². The van der Waals surface area contributed by atoms with Crippen LogP contribution < -0.4 is 5.32 Å². The van der Waals surface area contributed by atoms with E-state index in [0.717, 1.165) is 36.2 Å². The molecule has 3 rings (SSSR count). The molecule has 0 unspecified atom stereocenters. The van der Waals surface area contributed by atoms with Crippen LogP contribution in [0.1, 0.15) is 17.2 Å². The van der Waals surface area contributed by atoms with Crippen molar-refractivity contribution in [3.05, 3.63) is 56.4 Å². The second-order valence-electron chi connectivity index (χ2n) is 4.91. The molecule has 2 heterocycles. The zero-order valence-corrected chi connectivity index (χ0v) is 14.6. The molecule has 1 saturated heterocycles. The molecular weight excluding hydrogens is 375 g/mol. The predicted octanol–water partition coefficient (Wildman–Crippen LogP) is 4.07. The first-order valence-corrected chi connectivity index (χ1v) is 8.41. The molecule has 1 fully saturated rings. The molecule has 0 saturated carbocycles. The molecule has 0 aliphatic carbocycles. The third-order valence-corrected chi connectivity index (χ3v) is 4.83. The van der Waals surface area contributed by atoms with Crippen LogP contribution in [0.2, 0.25) is 0 Å². The van der Waals surface area contributed by atoms with Crippen molar-refractivity contribution in [2.45, 2.75) is 6.04 Å². The van der Waals surface area contributed by atoms with E-state index in [2.05, 4.69) is 43.0 Å². The van der Waals surface area contributed by atoms with E-state index in [-0.39, 0.29) is 24.3 Å². The SMILES string of the molecule is Cl.Fc1cc(Br)ccc1[C@@H](c1ccsc1)N1CCNCC1. The molecule has 1 N–H and O–H groups in total. The maximum Gasteiger partial charge on any atom is 0.129 e. The van der Waals surface area contributed by atoms with E-state index in [1.165, 1.54) is 5.56 Å². The fraction of sp³-hybridized carbons (Fsp3) is 0.333. The van der Waals surface area contributed by atoms with Crippen LogP contribution in [0.25, 0.3) is 0 Å². The zero-order valence-electron chi connectivity index (χ0n) is 11.4. The van der Waals surface area contributed by atoms with Gasteiger partial charge in [0.2, 0.25) is 0 Å². The molecule has 6 heteroatoms. The lowest BCUT2D eigenvalue weighted by Gasteiger charge is -2.35. The van der Waals surface area contributed by atoms with Crippen LogP contribution in [-0.4, -0.2) is 31.1 Å². The van der Waals surface area contributed by atoms with Gasteiger partial charge in [0.15, 0.2) is 0 Å². The topological polar surface area (TPSA) is 15.3 Å². The molecule has 114 valence electrons. The van der Waals surface area contributed by atoms with Gasteiger partial charge in [0.25, 0.3) is 0 Å². The number of halogens is 3. The van der Waals surface area contributed by atoms with Crippen LogP contribution in [0.3, 0.4) is 0 Å². The quantitative estimate of drug-likeness (QED) is 0.848. The van der Waals surface area contributed by atoms with Crippen molar-refractivity contribution in [3.63, 3.8) is 0 Å². The summed E-state index contributed by atoms with van der Waals surface area (Å²) >= 11 is 4.99. The van der Waals surface area contributed by atoms with E-state index < -0.39 is 0 Å². The van der Waals surface area contributed by atoms with Gasteiger partial charge in [-0.05, 0) is 34.5 Å². The molecule has 0 spiro atoms. The predicted molar refractivity (Wildman–Crippen MR) is 92.0 cm³/mol. The van der Waals surface area contributed by atoms with Crippen molar-refractivity contribution >= 4 is 39.7 Å². The molecule has 0 bridgehead atoms. The Balaban J connectivity index is 0.00000161. The van der Waals surface area contributed by atoms with Gasteiger partial charge in [0.1, 0.15) is 5.82 Å². The number of hydrogen-bond donors (Lipinski definition) is 1. The zero-order chi connectivity index (χ0) is 13.9. The minimum atomic E-state index is -0.144. The van der Waals surface area contributed by atoms with Gasteiger partial charge in [0.05, 0.1) is 6.04 Å². The third-order valence-electron chi connectivity index (χ3n) is 3.63. The minimum absolute atomic E-state index is 0. The van der Waals surface area contributed by atoms with Crippen LogP contribution in [-0.2, 0) is 0 Å². The first-order valence-electron chi connectivity index (χ1n) is 6.67. The van der Waals surface area contributed by atoms with Gasteiger partial charge in [-0.1, -0.05) is 22.0 Å². The summed E-state index contributed by atoms with van der Waals surface area (Å²) in [7, 11) is 0. The lowest BCUT2D eigenvalue weighted by molar-refractivity contribution is 0.195. The number of piperazine rings is 1. The van der Waals surface area contributed by atoms with Crippen LogP contribution in [0.15, 0.2) is 39.5 Å². The monoisotopic (exact) mass is 390 g/mol. The molecule has 1 aliphatic rings. The normalized spacial score (nSPS) is 17.2. The summed E-state index contributed by atoms with van der Waals surface area (Å²) in [6.07, 6.45) is 0. The van der Waals surface area contributed by atoms with E-state index in [1.54, 1.807) is 17.4 Å². The Morgan fingerprint density at radius 2 is 2.00 bits per heavy atom. The Bertz CT molecular complexity index is 573. The van der Waals surface area contributed by atoms with Gasteiger partial charge >= 0.3 is 0 Å². The molecule has 0 amide bonds. The molecule has 2 nitrogen and oxygen atoms in total. The molecule has 1 aromatic heterocycles.